The van der Waals surface area contributed by atoms with Crippen LogP contribution in [0.1, 0.15) is 5.69 Å². The highest BCUT2D eigenvalue weighted by atomic mass is 28.3. The van der Waals surface area contributed by atoms with Gasteiger partial charge in [-0.25, -0.2) is 9.67 Å². The second-order valence-corrected chi connectivity index (χ2v) is 11.8. The van der Waals surface area contributed by atoms with Gasteiger partial charge in [0.1, 0.15) is 0 Å². The van der Waals surface area contributed by atoms with Crippen LogP contribution in [0.25, 0.3) is 17.1 Å². The molecule has 4 aromatic rings. The van der Waals surface area contributed by atoms with Crippen molar-refractivity contribution in [1.82, 2.24) is 24.7 Å². The maximum absolute atomic E-state index is 14.1. The smallest absolute Gasteiger partial charge is 0.257 e. The monoisotopic (exact) mass is 461 g/mol. The van der Waals surface area contributed by atoms with Gasteiger partial charge in [0.2, 0.25) is 11.9 Å². The Morgan fingerprint density at radius 1 is 0.812 bits per heavy atom. The van der Waals surface area contributed by atoms with Crippen LogP contribution in [0.5, 0.6) is 0 Å². The van der Waals surface area contributed by atoms with Crippen LogP contribution >= 0.6 is 0 Å². The van der Waals surface area contributed by atoms with E-state index < -0.39 is 31.8 Å². The van der Waals surface area contributed by atoms with Gasteiger partial charge in [-0.3, -0.25) is 4.98 Å². The molecule has 0 aliphatic heterocycles. The highest BCUT2D eigenvalue weighted by Gasteiger charge is 2.34. The van der Waals surface area contributed by atoms with Gasteiger partial charge in [0.15, 0.2) is 19.6 Å². The summed E-state index contributed by atoms with van der Waals surface area (Å²) in [4.78, 5) is 12.3. The van der Waals surface area contributed by atoms with E-state index >= 15 is 0 Å². The Kier molecular flexibility index (Phi) is 5.37. The number of hydrogen-bond acceptors (Lipinski definition) is 4. The van der Waals surface area contributed by atoms with Crippen molar-refractivity contribution in [3.63, 3.8) is 0 Å². The lowest BCUT2D eigenvalue weighted by Crippen LogP contribution is -2.55. The van der Waals surface area contributed by atoms with Crippen molar-refractivity contribution >= 4 is 18.7 Å². The normalized spacial score (nSPS) is 12.2. The van der Waals surface area contributed by atoms with Crippen molar-refractivity contribution in [3.05, 3.63) is 78.4 Å². The lowest BCUT2D eigenvalue weighted by Gasteiger charge is -2.22. The molecule has 0 amide bonds. The third kappa shape index (κ3) is 4.15. The largest absolute Gasteiger partial charge is 0.435 e. The molecule has 4 heterocycles. The predicted octanol–water partition coefficient (Wildman–Crippen LogP) is 3.84. The van der Waals surface area contributed by atoms with Gasteiger partial charge in [-0.05, 0) is 42.5 Å². The molecule has 0 N–H and O–H groups in total. The fourth-order valence-corrected chi connectivity index (χ4v) is 5.25. The topological polar surface area (TPSA) is 56.5 Å². The van der Waals surface area contributed by atoms with Crippen LogP contribution in [-0.4, -0.2) is 32.8 Å². The summed E-state index contributed by atoms with van der Waals surface area (Å²) in [6.45, 7) is 3.93. The third-order valence-electron chi connectivity index (χ3n) is 4.97. The molecule has 5 nitrogen and oxygen atoms in total. The Balaban J connectivity index is 1.71. The van der Waals surface area contributed by atoms with Gasteiger partial charge in [0.25, 0.3) is 0 Å². The molecule has 11 heteroatoms. The Morgan fingerprint density at radius 3 is 2.16 bits per heavy atom. The lowest BCUT2D eigenvalue weighted by atomic mass is 10.2. The molecule has 0 radical (unpaired) electrons. The van der Waals surface area contributed by atoms with Gasteiger partial charge in [-0.15, -0.1) is 0 Å². The summed E-state index contributed by atoms with van der Waals surface area (Å²) < 4.78 is 67.0. The fourth-order valence-electron chi connectivity index (χ4n) is 3.17. The molecule has 32 heavy (non-hydrogen) atoms. The Labute approximate surface area is 180 Å². The van der Waals surface area contributed by atoms with Gasteiger partial charge in [-0.1, -0.05) is 25.2 Å². The van der Waals surface area contributed by atoms with Crippen LogP contribution in [0.3, 0.4) is 0 Å². The van der Waals surface area contributed by atoms with Crippen LogP contribution in [0.15, 0.2) is 60.8 Å². The minimum absolute atomic E-state index is 0.0657. The first-order valence-corrected chi connectivity index (χ1v) is 12.5. The van der Waals surface area contributed by atoms with E-state index in [1.807, 2.05) is 13.1 Å². The summed E-state index contributed by atoms with van der Waals surface area (Å²) in [6, 6.07) is 13.3. The summed E-state index contributed by atoms with van der Waals surface area (Å²) in [5.41, 5.74) is -0.646. The second kappa shape index (κ2) is 7.90. The van der Waals surface area contributed by atoms with Crippen LogP contribution in [0.2, 0.25) is 13.1 Å². The molecule has 0 saturated carbocycles. The van der Waals surface area contributed by atoms with Crippen molar-refractivity contribution in [3.8, 4) is 17.1 Å². The zero-order valence-electron chi connectivity index (χ0n) is 16.9. The van der Waals surface area contributed by atoms with Crippen LogP contribution < -0.4 is 10.6 Å². The number of halogens is 5. The van der Waals surface area contributed by atoms with E-state index in [9.17, 15) is 22.0 Å². The minimum atomic E-state index is -4.55. The first-order valence-electron chi connectivity index (χ1n) is 9.46. The highest BCUT2D eigenvalue weighted by molar-refractivity contribution is 6.99. The summed E-state index contributed by atoms with van der Waals surface area (Å²) in [5.74, 6) is -1.65. The van der Waals surface area contributed by atoms with Crippen LogP contribution in [0, 0.1) is 11.9 Å². The maximum atomic E-state index is 14.1. The van der Waals surface area contributed by atoms with Gasteiger partial charge < -0.3 is 0 Å². The number of nitrogens with zero attached hydrogens (tertiary/aromatic N) is 5. The Bertz CT molecular complexity index is 1290. The third-order valence-corrected chi connectivity index (χ3v) is 8.09. The molecule has 4 rings (SSSR count). The van der Waals surface area contributed by atoms with Gasteiger partial charge in [0.05, 0.1) is 11.3 Å². The molecular weight excluding hydrogens is 445 g/mol. The average molecular weight is 461 g/mol. The standard InChI is InChI=1S/C21H16F5N5Si/c1-32(2,18-7-3-5-14(27-18)13-9-10-16(22)28-20(13)23)19-8-4-6-17(29-19)31-12-11-15(30-31)21(24,25)26/h3-12H,1-2H3. The second-order valence-electron chi connectivity index (χ2n) is 7.53. The molecule has 0 aliphatic carbocycles. The summed E-state index contributed by atoms with van der Waals surface area (Å²) in [7, 11) is -2.54. The summed E-state index contributed by atoms with van der Waals surface area (Å²) in [5, 5.41) is 4.89. The molecular formula is C21H16F5N5Si. The molecule has 0 atom stereocenters. The molecule has 164 valence electrons. The molecule has 0 fully saturated rings. The quantitative estimate of drug-likeness (QED) is 0.263. The van der Waals surface area contributed by atoms with E-state index in [-0.39, 0.29) is 11.4 Å². The van der Waals surface area contributed by atoms with E-state index in [2.05, 4.69) is 20.1 Å². The molecule has 0 aromatic carbocycles. The van der Waals surface area contributed by atoms with Crippen molar-refractivity contribution in [2.45, 2.75) is 19.3 Å². The minimum Gasteiger partial charge on any atom is -0.257 e. The van der Waals surface area contributed by atoms with E-state index in [1.54, 1.807) is 36.4 Å². The van der Waals surface area contributed by atoms with Crippen molar-refractivity contribution < 1.29 is 22.0 Å². The number of pyridine rings is 3. The van der Waals surface area contributed by atoms with Crippen molar-refractivity contribution in [2.75, 3.05) is 0 Å². The first-order chi connectivity index (χ1) is 15.1. The molecule has 0 aliphatic rings. The van der Waals surface area contributed by atoms with Crippen LogP contribution in [-0.2, 0) is 6.18 Å². The number of aromatic nitrogens is 5. The molecule has 0 unspecified atom stereocenters. The van der Waals surface area contributed by atoms with E-state index in [4.69, 9.17) is 0 Å². The zero-order valence-corrected chi connectivity index (χ0v) is 17.9. The maximum Gasteiger partial charge on any atom is 0.435 e. The van der Waals surface area contributed by atoms with E-state index in [0.717, 1.165) is 16.8 Å². The SMILES string of the molecule is C[Si](C)(c1cccc(-c2ccc(F)nc2F)n1)c1cccc(-n2ccc(C(F)(F)F)n2)n1. The summed E-state index contributed by atoms with van der Waals surface area (Å²) >= 11 is 0. The van der Waals surface area contributed by atoms with E-state index in [0.29, 0.717) is 16.3 Å². The Morgan fingerprint density at radius 2 is 1.50 bits per heavy atom. The molecule has 0 spiro atoms. The average Bonchev–Trinajstić information content (AvgIpc) is 3.25. The van der Waals surface area contributed by atoms with E-state index in [1.165, 1.54) is 12.3 Å². The first kappa shape index (κ1) is 21.7. The number of hydrogen-bond donors (Lipinski definition) is 0. The fraction of sp³-hybridized carbons (Fsp3) is 0.143. The zero-order chi connectivity index (χ0) is 23.1. The van der Waals surface area contributed by atoms with Gasteiger partial charge in [-0.2, -0.15) is 32.0 Å². The van der Waals surface area contributed by atoms with Gasteiger partial charge in [0, 0.05) is 16.8 Å². The predicted molar refractivity (Wildman–Crippen MR) is 110 cm³/mol. The number of alkyl halides is 3. The van der Waals surface area contributed by atoms with Crippen LogP contribution in [0.4, 0.5) is 22.0 Å². The molecule has 0 saturated heterocycles. The molecule has 4 aromatic heterocycles. The van der Waals surface area contributed by atoms with Crippen molar-refractivity contribution in [2.24, 2.45) is 0 Å². The summed E-state index contributed by atoms with van der Waals surface area (Å²) in [6.07, 6.45) is -3.35. The number of rotatable bonds is 4. The van der Waals surface area contributed by atoms with Gasteiger partial charge >= 0.3 is 6.18 Å². The lowest BCUT2D eigenvalue weighted by molar-refractivity contribution is -0.141. The molecule has 0 bridgehead atoms. The Hall–Kier alpha value is -3.47. The van der Waals surface area contributed by atoms with Crippen molar-refractivity contribution in [1.29, 1.82) is 0 Å². The highest BCUT2D eigenvalue weighted by Crippen LogP contribution is 2.27.